The highest BCUT2D eigenvalue weighted by atomic mass is 32.1. The van der Waals surface area contributed by atoms with Crippen LogP contribution in [0.15, 0.2) is 45.6 Å². The maximum absolute atomic E-state index is 12.3. The van der Waals surface area contributed by atoms with Gasteiger partial charge in [-0.1, -0.05) is 6.07 Å². The largest absolute Gasteiger partial charge is 0.504 e. The SMILES string of the molecule is COc1cc([N+](=O)[O-])c(/C=N/NC(=O)c2cc(-c3cccs3)[nH]c(=O)n2)cc1O. The van der Waals surface area contributed by atoms with E-state index < -0.39 is 16.5 Å². The van der Waals surface area contributed by atoms with Gasteiger partial charge in [-0.2, -0.15) is 10.1 Å². The summed E-state index contributed by atoms with van der Waals surface area (Å²) in [5, 5.41) is 26.4. The van der Waals surface area contributed by atoms with E-state index in [2.05, 4.69) is 20.5 Å². The van der Waals surface area contributed by atoms with Crippen molar-refractivity contribution in [3.05, 3.63) is 67.6 Å². The van der Waals surface area contributed by atoms with E-state index in [1.807, 2.05) is 5.38 Å². The first-order valence-corrected chi connectivity index (χ1v) is 8.81. The summed E-state index contributed by atoms with van der Waals surface area (Å²) in [6.45, 7) is 0. The number of nitro groups is 1. The molecular weight excluding hydrogens is 402 g/mol. The van der Waals surface area contributed by atoms with Crippen molar-refractivity contribution in [2.45, 2.75) is 0 Å². The number of phenolic OH excluding ortho intramolecular Hbond substituents is 1. The number of aromatic amines is 1. The van der Waals surface area contributed by atoms with Gasteiger partial charge in [0.05, 0.1) is 40.4 Å². The summed E-state index contributed by atoms with van der Waals surface area (Å²) in [7, 11) is 1.26. The van der Waals surface area contributed by atoms with Crippen molar-refractivity contribution < 1.29 is 19.6 Å². The number of phenols is 1. The number of nitrogens with zero attached hydrogens (tertiary/aromatic N) is 3. The third kappa shape index (κ3) is 4.44. The Morgan fingerprint density at radius 3 is 2.90 bits per heavy atom. The molecule has 0 aliphatic carbocycles. The molecule has 148 valence electrons. The van der Waals surface area contributed by atoms with Crippen LogP contribution in [0.4, 0.5) is 5.69 Å². The van der Waals surface area contributed by atoms with E-state index in [1.165, 1.54) is 24.5 Å². The fourth-order valence-electron chi connectivity index (χ4n) is 2.36. The molecule has 3 aromatic rings. The van der Waals surface area contributed by atoms with Gasteiger partial charge in [0.25, 0.3) is 11.6 Å². The highest BCUT2D eigenvalue weighted by Crippen LogP contribution is 2.32. The average molecular weight is 415 g/mol. The van der Waals surface area contributed by atoms with E-state index in [-0.39, 0.29) is 28.4 Å². The van der Waals surface area contributed by atoms with Crippen LogP contribution in [0, 0.1) is 10.1 Å². The average Bonchev–Trinajstić information content (AvgIpc) is 3.22. The van der Waals surface area contributed by atoms with Gasteiger partial charge in [-0.3, -0.25) is 14.9 Å². The molecule has 2 heterocycles. The van der Waals surface area contributed by atoms with Gasteiger partial charge in [-0.25, -0.2) is 10.2 Å². The number of aromatic hydroxyl groups is 1. The summed E-state index contributed by atoms with van der Waals surface area (Å²) in [5.41, 5.74) is 1.23. The zero-order chi connectivity index (χ0) is 21.0. The maximum Gasteiger partial charge on any atom is 0.346 e. The van der Waals surface area contributed by atoms with Gasteiger partial charge < -0.3 is 14.8 Å². The minimum absolute atomic E-state index is 0.0632. The van der Waals surface area contributed by atoms with Crippen molar-refractivity contribution in [1.82, 2.24) is 15.4 Å². The summed E-state index contributed by atoms with van der Waals surface area (Å²) in [5.74, 6) is -1.19. The lowest BCUT2D eigenvalue weighted by Crippen LogP contribution is -2.24. The Hall–Kier alpha value is -4.06. The predicted molar refractivity (Wildman–Crippen MR) is 105 cm³/mol. The summed E-state index contributed by atoms with van der Waals surface area (Å²) >= 11 is 1.37. The molecule has 0 atom stereocenters. The van der Waals surface area contributed by atoms with Gasteiger partial charge in [-0.15, -0.1) is 11.3 Å². The Labute approximate surface area is 166 Å². The number of H-pyrrole nitrogens is 1. The van der Waals surface area contributed by atoms with Crippen molar-refractivity contribution in [2.24, 2.45) is 5.10 Å². The number of hydrogen-bond donors (Lipinski definition) is 3. The second kappa shape index (κ2) is 8.31. The van der Waals surface area contributed by atoms with Crippen LogP contribution in [0.2, 0.25) is 0 Å². The summed E-state index contributed by atoms with van der Waals surface area (Å²) in [4.78, 5) is 41.4. The second-order valence-electron chi connectivity index (χ2n) is 5.50. The maximum atomic E-state index is 12.3. The molecule has 2 aromatic heterocycles. The Bertz CT molecular complexity index is 1160. The number of ether oxygens (including phenoxy) is 1. The van der Waals surface area contributed by atoms with Crippen molar-refractivity contribution in [3.8, 4) is 22.1 Å². The normalized spacial score (nSPS) is 10.8. The number of nitro benzene ring substituents is 1. The van der Waals surface area contributed by atoms with Crippen LogP contribution in [0.3, 0.4) is 0 Å². The van der Waals surface area contributed by atoms with Crippen molar-refractivity contribution in [1.29, 1.82) is 0 Å². The van der Waals surface area contributed by atoms with Crippen LogP contribution in [0.5, 0.6) is 11.5 Å². The molecule has 0 aliphatic rings. The first kappa shape index (κ1) is 19.7. The molecule has 0 fully saturated rings. The standard InChI is InChI=1S/C17H13N5O6S/c1-28-14-7-12(22(26)27)9(5-13(14)23)8-18-21-16(24)11-6-10(19-17(25)20-11)15-3-2-4-29-15/h2-8,23H,1H3,(H,21,24)(H,19,20,25)/b18-8+. The summed E-state index contributed by atoms with van der Waals surface area (Å²) < 4.78 is 4.84. The van der Waals surface area contributed by atoms with Crippen LogP contribution in [0.1, 0.15) is 16.1 Å². The molecule has 0 radical (unpaired) electrons. The van der Waals surface area contributed by atoms with E-state index in [0.29, 0.717) is 5.69 Å². The Morgan fingerprint density at radius 2 is 2.24 bits per heavy atom. The molecule has 0 saturated heterocycles. The van der Waals surface area contributed by atoms with Crippen LogP contribution in [-0.2, 0) is 0 Å². The van der Waals surface area contributed by atoms with Crippen LogP contribution >= 0.6 is 11.3 Å². The fourth-order valence-corrected chi connectivity index (χ4v) is 3.05. The molecule has 0 spiro atoms. The smallest absolute Gasteiger partial charge is 0.346 e. The Kier molecular flexibility index (Phi) is 5.64. The molecule has 3 N–H and O–H groups in total. The first-order valence-electron chi connectivity index (χ1n) is 7.93. The molecule has 1 aromatic carbocycles. The number of hydrogen-bond acceptors (Lipinski definition) is 9. The quantitative estimate of drug-likeness (QED) is 0.315. The summed E-state index contributed by atoms with van der Waals surface area (Å²) in [6.07, 6.45) is 0.989. The Morgan fingerprint density at radius 1 is 1.45 bits per heavy atom. The fraction of sp³-hybridized carbons (Fsp3) is 0.0588. The molecule has 11 nitrogen and oxygen atoms in total. The van der Waals surface area contributed by atoms with E-state index in [9.17, 15) is 24.8 Å². The van der Waals surface area contributed by atoms with Gasteiger partial charge in [0.1, 0.15) is 5.69 Å². The first-order chi connectivity index (χ1) is 13.9. The lowest BCUT2D eigenvalue weighted by Gasteiger charge is -2.05. The number of rotatable bonds is 6. The number of carbonyl (C=O) groups excluding carboxylic acids is 1. The molecule has 1 amide bonds. The van der Waals surface area contributed by atoms with Gasteiger partial charge in [0, 0.05) is 0 Å². The number of amides is 1. The zero-order valence-electron chi connectivity index (χ0n) is 14.8. The zero-order valence-corrected chi connectivity index (χ0v) is 15.6. The lowest BCUT2D eigenvalue weighted by atomic mass is 10.1. The van der Waals surface area contributed by atoms with E-state index in [4.69, 9.17) is 4.74 Å². The molecular formula is C17H13N5O6S. The van der Waals surface area contributed by atoms with E-state index in [1.54, 1.807) is 12.1 Å². The third-order valence-electron chi connectivity index (χ3n) is 3.66. The Balaban J connectivity index is 1.83. The summed E-state index contributed by atoms with van der Waals surface area (Å²) in [6, 6.07) is 7.06. The van der Waals surface area contributed by atoms with Crippen LogP contribution in [-0.4, -0.2) is 39.2 Å². The minimum Gasteiger partial charge on any atom is -0.504 e. The molecule has 0 unspecified atom stereocenters. The number of thiophene rings is 1. The number of benzene rings is 1. The van der Waals surface area contributed by atoms with Gasteiger partial charge in [0.2, 0.25) is 0 Å². The topological polar surface area (TPSA) is 160 Å². The van der Waals surface area contributed by atoms with Crippen LogP contribution in [0.25, 0.3) is 10.6 Å². The number of hydrazone groups is 1. The van der Waals surface area contributed by atoms with Gasteiger partial charge in [-0.05, 0) is 23.6 Å². The van der Waals surface area contributed by atoms with Crippen molar-refractivity contribution in [3.63, 3.8) is 0 Å². The number of aromatic nitrogens is 2. The van der Waals surface area contributed by atoms with Crippen molar-refractivity contribution in [2.75, 3.05) is 7.11 Å². The molecule has 0 aliphatic heterocycles. The van der Waals surface area contributed by atoms with Gasteiger partial charge in [0.15, 0.2) is 11.5 Å². The lowest BCUT2D eigenvalue weighted by molar-refractivity contribution is -0.385. The third-order valence-corrected chi connectivity index (χ3v) is 4.56. The minimum atomic E-state index is -0.787. The number of methoxy groups -OCH3 is 1. The van der Waals surface area contributed by atoms with Gasteiger partial charge >= 0.3 is 5.69 Å². The molecule has 12 heteroatoms. The van der Waals surface area contributed by atoms with Crippen molar-refractivity contribution >= 4 is 29.1 Å². The number of carbonyl (C=O) groups is 1. The van der Waals surface area contributed by atoms with E-state index >= 15 is 0 Å². The molecule has 0 bridgehead atoms. The predicted octanol–water partition coefficient (Wildman–Crippen LogP) is 1.88. The second-order valence-corrected chi connectivity index (χ2v) is 6.45. The molecule has 0 saturated carbocycles. The monoisotopic (exact) mass is 415 g/mol. The highest BCUT2D eigenvalue weighted by Gasteiger charge is 2.18. The molecule has 3 rings (SSSR count). The molecule has 29 heavy (non-hydrogen) atoms. The highest BCUT2D eigenvalue weighted by molar-refractivity contribution is 7.13. The number of nitrogens with one attached hydrogen (secondary N) is 2. The van der Waals surface area contributed by atoms with Crippen LogP contribution < -0.4 is 15.9 Å². The van der Waals surface area contributed by atoms with E-state index in [0.717, 1.165) is 23.2 Å².